The number of nitrogens with zero attached hydrogens (tertiary/aromatic N) is 5. The topological polar surface area (TPSA) is 53.7 Å². The van der Waals surface area contributed by atoms with Crippen molar-refractivity contribution in [2.75, 3.05) is 26.2 Å². The van der Waals surface area contributed by atoms with Crippen LogP contribution in [0.4, 0.5) is 0 Å². The maximum absolute atomic E-state index is 11.5. The van der Waals surface area contributed by atoms with Crippen molar-refractivity contribution in [2.45, 2.75) is 51.5 Å². The molecule has 0 spiro atoms. The van der Waals surface area contributed by atoms with Crippen molar-refractivity contribution in [2.24, 2.45) is 0 Å². The Morgan fingerprint density at radius 2 is 1.84 bits per heavy atom. The lowest BCUT2D eigenvalue weighted by Crippen LogP contribution is -2.48. The minimum atomic E-state index is 0.216. The molecule has 2 fully saturated rings. The normalized spacial score (nSPS) is 21.1. The van der Waals surface area contributed by atoms with E-state index in [0.29, 0.717) is 12.0 Å². The van der Waals surface area contributed by atoms with Gasteiger partial charge in [0.05, 0.1) is 5.69 Å². The van der Waals surface area contributed by atoms with Gasteiger partial charge in [-0.2, -0.15) is 5.10 Å². The molecule has 2 aliphatic heterocycles. The summed E-state index contributed by atoms with van der Waals surface area (Å²) in [6.45, 7) is 7.81. The van der Waals surface area contributed by atoms with Crippen LogP contribution in [0.25, 0.3) is 5.65 Å². The molecule has 6 nitrogen and oxygen atoms in total. The Hall–Kier alpha value is -1.95. The quantitative estimate of drug-likeness (QED) is 0.840. The van der Waals surface area contributed by atoms with Crippen molar-refractivity contribution in [3.63, 3.8) is 0 Å². The highest BCUT2D eigenvalue weighted by atomic mass is 16.2. The van der Waals surface area contributed by atoms with Crippen LogP contribution in [0.1, 0.15) is 49.9 Å². The largest absolute Gasteiger partial charge is 0.343 e. The molecule has 0 N–H and O–H groups in total. The molecular formula is C19H27N5O. The Balaban J connectivity index is 1.39. The number of likely N-dealkylation sites (tertiary alicyclic amines) is 2. The molecule has 2 aromatic heterocycles. The first-order chi connectivity index (χ1) is 12.1. The van der Waals surface area contributed by atoms with Gasteiger partial charge in [-0.1, -0.05) is 0 Å². The molecular weight excluding hydrogens is 314 g/mol. The monoisotopic (exact) mass is 341 g/mol. The van der Waals surface area contributed by atoms with Crippen LogP contribution in [-0.4, -0.2) is 62.5 Å². The molecule has 0 unspecified atom stereocenters. The summed E-state index contributed by atoms with van der Waals surface area (Å²) in [5, 5.41) is 4.63. The maximum Gasteiger partial charge on any atom is 0.219 e. The lowest BCUT2D eigenvalue weighted by atomic mass is 9.91. The molecule has 4 rings (SSSR count). The third kappa shape index (κ3) is 3.27. The van der Waals surface area contributed by atoms with Crippen molar-refractivity contribution in [1.82, 2.24) is 24.4 Å². The van der Waals surface area contributed by atoms with Crippen molar-refractivity contribution >= 4 is 11.6 Å². The van der Waals surface area contributed by atoms with Crippen molar-refractivity contribution < 1.29 is 4.79 Å². The van der Waals surface area contributed by atoms with Gasteiger partial charge in [0.2, 0.25) is 5.91 Å². The minimum absolute atomic E-state index is 0.216. The molecule has 134 valence electrons. The Morgan fingerprint density at radius 3 is 2.52 bits per heavy atom. The summed E-state index contributed by atoms with van der Waals surface area (Å²) < 4.78 is 2.03. The highest BCUT2D eigenvalue weighted by Gasteiger charge is 2.30. The van der Waals surface area contributed by atoms with E-state index >= 15 is 0 Å². The second-order valence-electron chi connectivity index (χ2n) is 7.47. The van der Waals surface area contributed by atoms with E-state index in [1.807, 2.05) is 28.6 Å². The lowest BCUT2D eigenvalue weighted by Gasteiger charge is -2.41. The number of carbonyl (C=O) groups excluding carboxylic acids is 1. The van der Waals surface area contributed by atoms with Gasteiger partial charge in [0.15, 0.2) is 5.65 Å². The maximum atomic E-state index is 11.5. The molecule has 2 aliphatic rings. The Bertz CT molecular complexity index is 754. The van der Waals surface area contributed by atoms with Gasteiger partial charge < -0.3 is 9.80 Å². The first-order valence-electron chi connectivity index (χ1n) is 9.42. The van der Waals surface area contributed by atoms with Crippen LogP contribution < -0.4 is 0 Å². The van der Waals surface area contributed by atoms with Gasteiger partial charge in [0.1, 0.15) is 0 Å². The molecule has 0 atom stereocenters. The molecule has 25 heavy (non-hydrogen) atoms. The van der Waals surface area contributed by atoms with Crippen LogP contribution in [0, 0.1) is 6.92 Å². The zero-order chi connectivity index (χ0) is 17.4. The fourth-order valence-corrected chi connectivity index (χ4v) is 4.44. The molecule has 2 saturated heterocycles. The molecule has 0 saturated carbocycles. The summed E-state index contributed by atoms with van der Waals surface area (Å²) in [6.07, 6.45) is 6.48. The molecule has 1 amide bonds. The summed E-state index contributed by atoms with van der Waals surface area (Å²) in [7, 11) is 0. The minimum Gasteiger partial charge on any atom is -0.343 e. The molecule has 0 radical (unpaired) electrons. The van der Waals surface area contributed by atoms with Crippen LogP contribution >= 0.6 is 0 Å². The van der Waals surface area contributed by atoms with E-state index in [2.05, 4.69) is 21.0 Å². The second-order valence-corrected chi connectivity index (χ2v) is 7.47. The molecule has 0 bridgehead atoms. The number of rotatable bonds is 2. The predicted molar refractivity (Wildman–Crippen MR) is 96.5 cm³/mol. The average Bonchev–Trinajstić information content (AvgIpc) is 3.02. The van der Waals surface area contributed by atoms with E-state index in [1.54, 1.807) is 6.92 Å². The fourth-order valence-electron chi connectivity index (χ4n) is 4.44. The summed E-state index contributed by atoms with van der Waals surface area (Å²) >= 11 is 0. The van der Waals surface area contributed by atoms with Gasteiger partial charge in [0, 0.05) is 49.9 Å². The molecule has 2 aromatic rings. The summed E-state index contributed by atoms with van der Waals surface area (Å²) in [5.74, 6) is 0.770. The van der Waals surface area contributed by atoms with E-state index in [9.17, 15) is 4.79 Å². The predicted octanol–water partition coefficient (Wildman–Crippen LogP) is 2.23. The van der Waals surface area contributed by atoms with Gasteiger partial charge in [-0.05, 0) is 51.8 Å². The van der Waals surface area contributed by atoms with E-state index in [-0.39, 0.29) is 5.91 Å². The SMILES string of the molecule is CC(=O)N1CCC(N2CCC(c3ccnc4cc(C)nn34)CC2)CC1. The number of aryl methyl sites for hydroxylation is 1. The number of aromatic nitrogens is 3. The van der Waals surface area contributed by atoms with E-state index in [4.69, 9.17) is 0 Å². The van der Waals surface area contributed by atoms with Gasteiger partial charge in [-0.25, -0.2) is 9.50 Å². The van der Waals surface area contributed by atoms with Crippen LogP contribution in [-0.2, 0) is 4.79 Å². The number of piperidine rings is 2. The Kier molecular flexibility index (Phi) is 4.46. The van der Waals surface area contributed by atoms with Crippen molar-refractivity contribution in [3.05, 3.63) is 29.7 Å². The summed E-state index contributed by atoms with van der Waals surface area (Å²) in [4.78, 5) is 20.5. The van der Waals surface area contributed by atoms with Gasteiger partial charge >= 0.3 is 0 Å². The molecule has 4 heterocycles. The average molecular weight is 341 g/mol. The van der Waals surface area contributed by atoms with Gasteiger partial charge in [-0.15, -0.1) is 0 Å². The van der Waals surface area contributed by atoms with E-state index < -0.39 is 0 Å². The zero-order valence-corrected chi connectivity index (χ0v) is 15.2. The zero-order valence-electron chi connectivity index (χ0n) is 15.2. The highest BCUT2D eigenvalue weighted by Crippen LogP contribution is 2.30. The number of fused-ring (bicyclic) bond motifs is 1. The van der Waals surface area contributed by atoms with Crippen LogP contribution in [0.3, 0.4) is 0 Å². The van der Waals surface area contributed by atoms with Crippen LogP contribution in [0.5, 0.6) is 0 Å². The Labute approximate surface area is 148 Å². The summed E-state index contributed by atoms with van der Waals surface area (Å²) in [6, 6.07) is 4.81. The van der Waals surface area contributed by atoms with E-state index in [0.717, 1.165) is 50.4 Å². The van der Waals surface area contributed by atoms with Crippen LogP contribution in [0.2, 0.25) is 0 Å². The molecule has 0 aliphatic carbocycles. The number of hydrogen-bond acceptors (Lipinski definition) is 4. The Morgan fingerprint density at radius 1 is 1.12 bits per heavy atom. The second kappa shape index (κ2) is 6.75. The number of hydrogen-bond donors (Lipinski definition) is 0. The standard InChI is InChI=1S/C19H27N5O/c1-14-13-19-20-8-3-18(24(19)21-14)16-4-9-23(10-5-16)17-6-11-22(12-7-17)15(2)25/h3,8,13,16-17H,4-7,9-12H2,1-2H3. The van der Waals surface area contributed by atoms with Gasteiger partial charge in [-0.3, -0.25) is 4.79 Å². The fraction of sp³-hybridized carbons (Fsp3) is 0.632. The molecule has 0 aromatic carbocycles. The first kappa shape index (κ1) is 16.5. The number of carbonyl (C=O) groups is 1. The van der Waals surface area contributed by atoms with Gasteiger partial charge in [0.25, 0.3) is 0 Å². The third-order valence-corrected chi connectivity index (χ3v) is 5.88. The van der Waals surface area contributed by atoms with Crippen LogP contribution in [0.15, 0.2) is 18.3 Å². The smallest absolute Gasteiger partial charge is 0.219 e. The lowest BCUT2D eigenvalue weighted by molar-refractivity contribution is -0.130. The van der Waals surface area contributed by atoms with E-state index in [1.165, 1.54) is 18.5 Å². The first-order valence-corrected chi connectivity index (χ1v) is 9.42. The molecule has 6 heteroatoms. The van der Waals surface area contributed by atoms with Crippen molar-refractivity contribution in [3.8, 4) is 0 Å². The highest BCUT2D eigenvalue weighted by molar-refractivity contribution is 5.73. The summed E-state index contributed by atoms with van der Waals surface area (Å²) in [5.41, 5.74) is 3.27. The third-order valence-electron chi connectivity index (χ3n) is 5.88. The van der Waals surface area contributed by atoms with Crippen molar-refractivity contribution in [1.29, 1.82) is 0 Å². The number of amides is 1.